The fourth-order valence-corrected chi connectivity index (χ4v) is 3.73. The van der Waals surface area contributed by atoms with E-state index in [4.69, 9.17) is 4.43 Å². The van der Waals surface area contributed by atoms with Gasteiger partial charge in [0.05, 0.1) is 5.60 Å². The van der Waals surface area contributed by atoms with Gasteiger partial charge >= 0.3 is 0 Å². The Morgan fingerprint density at radius 3 is 2.12 bits per heavy atom. The van der Waals surface area contributed by atoms with Gasteiger partial charge in [0.2, 0.25) is 0 Å². The summed E-state index contributed by atoms with van der Waals surface area (Å²) in [5.41, 5.74) is 1.40. The van der Waals surface area contributed by atoms with Crippen LogP contribution >= 0.6 is 0 Å². The van der Waals surface area contributed by atoms with Gasteiger partial charge in [-0.05, 0) is 51.9 Å². The maximum absolute atomic E-state index is 6.19. The molecule has 0 unspecified atom stereocenters. The van der Waals surface area contributed by atoms with Crippen LogP contribution in [0.3, 0.4) is 0 Å². The Morgan fingerprint density at radius 1 is 1.06 bits per heavy atom. The minimum atomic E-state index is -1.43. The lowest BCUT2D eigenvalue weighted by molar-refractivity contribution is 0.0916. The molecule has 0 aliphatic carbocycles. The molecule has 0 spiro atoms. The van der Waals surface area contributed by atoms with E-state index in [2.05, 4.69) is 63.8 Å². The van der Waals surface area contributed by atoms with E-state index in [1.807, 2.05) is 0 Å². The molecule has 1 rings (SSSR count). The van der Waals surface area contributed by atoms with Gasteiger partial charge in [0.15, 0.2) is 8.32 Å². The predicted molar refractivity (Wildman–Crippen MR) is 73.3 cm³/mol. The van der Waals surface area contributed by atoms with Crippen LogP contribution in [0.25, 0.3) is 0 Å². The third-order valence-corrected chi connectivity index (χ3v) is 3.61. The quantitative estimate of drug-likeness (QED) is 0.695. The molecule has 0 bridgehead atoms. The molecule has 16 heavy (non-hydrogen) atoms. The van der Waals surface area contributed by atoms with Crippen molar-refractivity contribution < 1.29 is 4.43 Å². The summed E-state index contributed by atoms with van der Waals surface area (Å²) < 4.78 is 6.19. The van der Waals surface area contributed by atoms with Crippen molar-refractivity contribution in [3.05, 3.63) is 35.9 Å². The standard InChI is InChI=1S/C14H24OSi/c1-14(2,15-16(3,4)5)12-11-13-9-7-6-8-10-13/h6-10H,11-12H2,1-5H3. The molecule has 0 atom stereocenters. The van der Waals surface area contributed by atoms with E-state index in [0.717, 1.165) is 12.8 Å². The molecular weight excluding hydrogens is 212 g/mol. The zero-order valence-corrected chi connectivity index (χ0v) is 12.2. The lowest BCUT2D eigenvalue weighted by Gasteiger charge is -2.33. The van der Waals surface area contributed by atoms with Crippen LogP contribution in [-0.4, -0.2) is 13.9 Å². The average molecular weight is 236 g/mol. The summed E-state index contributed by atoms with van der Waals surface area (Å²) in [6.45, 7) is 11.1. The van der Waals surface area contributed by atoms with Crippen molar-refractivity contribution in [2.75, 3.05) is 0 Å². The van der Waals surface area contributed by atoms with Crippen LogP contribution < -0.4 is 0 Å². The number of rotatable bonds is 5. The largest absolute Gasteiger partial charge is 0.413 e. The van der Waals surface area contributed by atoms with E-state index in [9.17, 15) is 0 Å². The summed E-state index contributed by atoms with van der Waals surface area (Å²) >= 11 is 0. The van der Waals surface area contributed by atoms with Gasteiger partial charge in [0.25, 0.3) is 0 Å². The van der Waals surface area contributed by atoms with Crippen molar-refractivity contribution in [2.45, 2.75) is 51.9 Å². The maximum atomic E-state index is 6.19. The average Bonchev–Trinajstić information content (AvgIpc) is 2.13. The number of benzene rings is 1. The molecule has 0 N–H and O–H groups in total. The first-order valence-corrected chi connectivity index (χ1v) is 9.43. The SMILES string of the molecule is CC(C)(CCc1ccccc1)O[Si](C)(C)C. The zero-order chi connectivity index (χ0) is 12.2. The highest BCUT2D eigenvalue weighted by atomic mass is 28.4. The van der Waals surface area contributed by atoms with Crippen LogP contribution in [0.1, 0.15) is 25.8 Å². The monoisotopic (exact) mass is 236 g/mol. The highest BCUT2D eigenvalue weighted by molar-refractivity contribution is 6.69. The smallest absolute Gasteiger partial charge is 0.184 e. The summed E-state index contributed by atoms with van der Waals surface area (Å²) in [6, 6.07) is 10.6. The van der Waals surface area contributed by atoms with Crippen LogP contribution in [0.5, 0.6) is 0 Å². The van der Waals surface area contributed by atoms with Crippen molar-refractivity contribution in [3.63, 3.8) is 0 Å². The molecule has 0 amide bonds. The third kappa shape index (κ3) is 5.47. The molecule has 1 aromatic carbocycles. The first kappa shape index (κ1) is 13.5. The minimum Gasteiger partial charge on any atom is -0.413 e. The molecule has 0 aliphatic rings. The molecule has 1 nitrogen and oxygen atoms in total. The van der Waals surface area contributed by atoms with Gasteiger partial charge < -0.3 is 4.43 Å². The van der Waals surface area contributed by atoms with E-state index in [1.54, 1.807) is 0 Å². The second kappa shape index (κ2) is 5.15. The summed E-state index contributed by atoms with van der Waals surface area (Å²) in [6.07, 6.45) is 2.18. The Hall–Kier alpha value is -0.603. The molecule has 0 fully saturated rings. The second-order valence-corrected chi connectivity index (χ2v) is 10.4. The molecule has 1 aromatic rings. The van der Waals surface area contributed by atoms with Crippen molar-refractivity contribution in [2.24, 2.45) is 0 Å². The fourth-order valence-electron chi connectivity index (χ4n) is 1.97. The van der Waals surface area contributed by atoms with E-state index >= 15 is 0 Å². The van der Waals surface area contributed by atoms with Gasteiger partial charge in [0.1, 0.15) is 0 Å². The maximum Gasteiger partial charge on any atom is 0.184 e. The van der Waals surface area contributed by atoms with E-state index < -0.39 is 8.32 Å². The van der Waals surface area contributed by atoms with Crippen LogP contribution in [0.4, 0.5) is 0 Å². The van der Waals surface area contributed by atoms with Gasteiger partial charge in [0, 0.05) is 0 Å². The van der Waals surface area contributed by atoms with Crippen molar-refractivity contribution in [1.82, 2.24) is 0 Å². The molecule has 0 saturated heterocycles. The molecule has 0 aliphatic heterocycles. The molecule has 90 valence electrons. The number of hydrogen-bond donors (Lipinski definition) is 0. The first-order valence-electron chi connectivity index (χ1n) is 6.03. The Kier molecular flexibility index (Phi) is 4.33. The summed E-state index contributed by atoms with van der Waals surface area (Å²) in [7, 11) is -1.43. The van der Waals surface area contributed by atoms with Gasteiger partial charge in [-0.15, -0.1) is 0 Å². The van der Waals surface area contributed by atoms with E-state index in [0.29, 0.717) is 0 Å². The third-order valence-electron chi connectivity index (χ3n) is 2.44. The van der Waals surface area contributed by atoms with Gasteiger partial charge in [-0.25, -0.2) is 0 Å². The van der Waals surface area contributed by atoms with Crippen molar-refractivity contribution in [1.29, 1.82) is 0 Å². The summed E-state index contributed by atoms with van der Waals surface area (Å²) in [4.78, 5) is 0. The highest BCUT2D eigenvalue weighted by Crippen LogP contribution is 2.22. The Bertz CT molecular complexity index is 311. The van der Waals surface area contributed by atoms with Crippen LogP contribution in [0.15, 0.2) is 30.3 Å². The summed E-state index contributed by atoms with van der Waals surface area (Å²) in [5, 5.41) is 0. The van der Waals surface area contributed by atoms with Crippen LogP contribution in [0.2, 0.25) is 19.6 Å². The van der Waals surface area contributed by atoms with Gasteiger partial charge in [-0.2, -0.15) is 0 Å². The van der Waals surface area contributed by atoms with Gasteiger partial charge in [-0.3, -0.25) is 0 Å². The van der Waals surface area contributed by atoms with Gasteiger partial charge in [-0.1, -0.05) is 30.3 Å². The number of aryl methyl sites for hydroxylation is 1. The highest BCUT2D eigenvalue weighted by Gasteiger charge is 2.26. The molecule has 0 heterocycles. The molecule has 2 heteroatoms. The molecular formula is C14H24OSi. The fraction of sp³-hybridized carbons (Fsp3) is 0.571. The number of hydrogen-bond acceptors (Lipinski definition) is 1. The van der Waals surface area contributed by atoms with Crippen molar-refractivity contribution in [3.8, 4) is 0 Å². The molecule has 0 aromatic heterocycles. The van der Waals surface area contributed by atoms with E-state index in [1.165, 1.54) is 5.56 Å². The topological polar surface area (TPSA) is 9.23 Å². The molecule has 0 radical (unpaired) electrons. The normalized spacial score (nSPS) is 12.8. The minimum absolute atomic E-state index is 0.000311. The Labute approximate surface area is 101 Å². The second-order valence-electron chi connectivity index (χ2n) is 5.96. The van der Waals surface area contributed by atoms with Crippen LogP contribution in [-0.2, 0) is 10.8 Å². The van der Waals surface area contributed by atoms with Crippen molar-refractivity contribution >= 4 is 8.32 Å². The predicted octanol–water partition coefficient (Wildman–Crippen LogP) is 4.25. The van der Waals surface area contributed by atoms with Crippen LogP contribution in [0, 0.1) is 0 Å². The summed E-state index contributed by atoms with van der Waals surface area (Å²) in [5.74, 6) is 0. The molecule has 0 saturated carbocycles. The van der Waals surface area contributed by atoms with E-state index in [-0.39, 0.29) is 5.60 Å². The lowest BCUT2D eigenvalue weighted by Crippen LogP contribution is -2.38. The first-order chi connectivity index (χ1) is 7.29. The Morgan fingerprint density at radius 2 is 1.62 bits per heavy atom. The zero-order valence-electron chi connectivity index (χ0n) is 11.2. The lowest BCUT2D eigenvalue weighted by atomic mass is 9.99. The Balaban J connectivity index is 2.48.